The third-order valence-electron chi connectivity index (χ3n) is 4.49. The molecule has 2 fully saturated rings. The number of rotatable bonds is 4. The van der Waals surface area contributed by atoms with E-state index in [1.54, 1.807) is 6.07 Å². The van der Waals surface area contributed by atoms with Gasteiger partial charge < -0.3 is 9.47 Å². The lowest BCUT2D eigenvalue weighted by atomic mass is 9.90. The van der Waals surface area contributed by atoms with Crippen LogP contribution in [0.3, 0.4) is 0 Å². The molecule has 1 atom stereocenters. The Balaban J connectivity index is 0.000000556. The second-order valence-electron chi connectivity index (χ2n) is 6.01. The van der Waals surface area contributed by atoms with Crippen LogP contribution in [0.1, 0.15) is 65.5 Å². The molecule has 150 valence electrons. The lowest BCUT2D eigenvalue weighted by Crippen LogP contribution is -2.36. The maximum atomic E-state index is 14.3. The molecule has 2 aliphatic rings. The first kappa shape index (κ1) is 23.2. The fourth-order valence-electron chi connectivity index (χ4n) is 3.10. The number of epoxide rings is 1. The molecule has 2 aromatic rings. The Morgan fingerprint density at radius 2 is 1.44 bits per heavy atom. The number of halogens is 1. The van der Waals surface area contributed by atoms with Gasteiger partial charge in [0, 0.05) is 5.56 Å². The minimum absolute atomic E-state index is 0.199. The van der Waals surface area contributed by atoms with Crippen LogP contribution in [-0.4, -0.2) is 12.2 Å². The summed E-state index contributed by atoms with van der Waals surface area (Å²) in [6, 6.07) is 15.0. The van der Waals surface area contributed by atoms with Gasteiger partial charge in [0.1, 0.15) is 17.2 Å². The van der Waals surface area contributed by atoms with Crippen LogP contribution in [0.15, 0.2) is 48.5 Å². The van der Waals surface area contributed by atoms with E-state index < -0.39 is 11.2 Å². The Labute approximate surface area is 164 Å². The summed E-state index contributed by atoms with van der Waals surface area (Å²) in [5.41, 5.74) is 0.521. The van der Waals surface area contributed by atoms with Gasteiger partial charge in [-0.05, 0) is 43.5 Å². The van der Waals surface area contributed by atoms with E-state index in [1.807, 2.05) is 90.9 Å². The predicted molar refractivity (Wildman–Crippen MR) is 112 cm³/mol. The number of para-hydroxylation sites is 1. The second-order valence-corrected chi connectivity index (χ2v) is 6.01. The summed E-state index contributed by atoms with van der Waals surface area (Å²) in [5, 5.41) is 0. The van der Waals surface area contributed by atoms with Crippen molar-refractivity contribution in [1.82, 2.24) is 0 Å². The first-order chi connectivity index (χ1) is 13.2. The van der Waals surface area contributed by atoms with Gasteiger partial charge in [0.25, 0.3) is 0 Å². The number of ether oxygens (including phenoxy) is 2. The SMILES string of the molecule is CC.CC.CC.Cc1ccc(C2(C3(Oc4ccccc4)CC3)CO2)c(F)c1. The van der Waals surface area contributed by atoms with Crippen LogP contribution in [0.2, 0.25) is 0 Å². The van der Waals surface area contributed by atoms with Crippen LogP contribution in [0.4, 0.5) is 4.39 Å². The summed E-state index contributed by atoms with van der Waals surface area (Å²) in [4.78, 5) is 0. The van der Waals surface area contributed by atoms with E-state index in [4.69, 9.17) is 9.47 Å². The van der Waals surface area contributed by atoms with Crippen LogP contribution in [0.5, 0.6) is 5.75 Å². The van der Waals surface area contributed by atoms with E-state index >= 15 is 0 Å². The zero-order chi connectivity index (χ0) is 20.5. The maximum absolute atomic E-state index is 14.3. The van der Waals surface area contributed by atoms with Gasteiger partial charge in [-0.15, -0.1) is 0 Å². The number of benzene rings is 2. The summed E-state index contributed by atoms with van der Waals surface area (Å²) in [7, 11) is 0. The number of hydrogen-bond donors (Lipinski definition) is 0. The van der Waals surface area contributed by atoms with Crippen LogP contribution in [0.25, 0.3) is 0 Å². The van der Waals surface area contributed by atoms with E-state index in [0.29, 0.717) is 12.2 Å². The lowest BCUT2D eigenvalue weighted by Gasteiger charge is -2.26. The summed E-state index contributed by atoms with van der Waals surface area (Å²) >= 11 is 0. The van der Waals surface area contributed by atoms with Crippen molar-refractivity contribution < 1.29 is 13.9 Å². The molecule has 0 amide bonds. The molecule has 0 bridgehead atoms. The molecule has 1 aliphatic carbocycles. The molecule has 1 saturated carbocycles. The number of hydrogen-bond acceptors (Lipinski definition) is 2. The van der Waals surface area contributed by atoms with Gasteiger partial charge in [0.2, 0.25) is 0 Å². The lowest BCUT2D eigenvalue weighted by molar-refractivity contribution is 0.0702. The van der Waals surface area contributed by atoms with Gasteiger partial charge in [-0.25, -0.2) is 4.39 Å². The molecule has 0 N–H and O–H groups in total. The van der Waals surface area contributed by atoms with Gasteiger partial charge in [-0.1, -0.05) is 71.9 Å². The quantitative estimate of drug-likeness (QED) is 0.535. The Hall–Kier alpha value is -1.87. The average Bonchev–Trinajstić information content (AvgIpc) is 3.64. The number of aryl methyl sites for hydroxylation is 1. The Morgan fingerprint density at radius 1 is 0.889 bits per heavy atom. The largest absolute Gasteiger partial charge is 0.484 e. The van der Waals surface area contributed by atoms with Gasteiger partial charge in [0.15, 0.2) is 5.60 Å². The topological polar surface area (TPSA) is 21.8 Å². The molecule has 1 heterocycles. The third kappa shape index (κ3) is 4.90. The zero-order valence-electron chi connectivity index (χ0n) is 17.9. The average molecular weight is 375 g/mol. The monoisotopic (exact) mass is 374 g/mol. The highest BCUT2D eigenvalue weighted by molar-refractivity contribution is 5.39. The fourth-order valence-corrected chi connectivity index (χ4v) is 3.10. The van der Waals surface area contributed by atoms with E-state index in [2.05, 4.69) is 0 Å². The highest BCUT2D eigenvalue weighted by Crippen LogP contribution is 2.61. The molecule has 1 aliphatic heterocycles. The molecule has 27 heavy (non-hydrogen) atoms. The summed E-state index contributed by atoms with van der Waals surface area (Å²) in [5.74, 6) is 0.618. The first-order valence-electron chi connectivity index (χ1n) is 10.3. The van der Waals surface area contributed by atoms with Gasteiger partial charge in [-0.3, -0.25) is 0 Å². The van der Waals surface area contributed by atoms with Gasteiger partial charge in [0.05, 0.1) is 6.61 Å². The molecule has 0 spiro atoms. The van der Waals surface area contributed by atoms with Crippen LogP contribution < -0.4 is 4.74 Å². The molecular formula is C24H35FO2. The van der Waals surface area contributed by atoms with Crippen LogP contribution >= 0.6 is 0 Å². The van der Waals surface area contributed by atoms with Crippen molar-refractivity contribution in [2.24, 2.45) is 0 Å². The molecule has 1 saturated heterocycles. The Kier molecular flexibility index (Phi) is 8.98. The highest BCUT2D eigenvalue weighted by atomic mass is 19.1. The molecule has 2 nitrogen and oxygen atoms in total. The molecule has 0 radical (unpaired) electrons. The molecular weight excluding hydrogens is 339 g/mol. The van der Waals surface area contributed by atoms with Gasteiger partial charge >= 0.3 is 0 Å². The molecule has 0 aromatic heterocycles. The van der Waals surface area contributed by atoms with Crippen LogP contribution in [-0.2, 0) is 10.3 Å². The van der Waals surface area contributed by atoms with E-state index in [1.165, 1.54) is 0 Å². The van der Waals surface area contributed by atoms with Crippen molar-refractivity contribution in [3.8, 4) is 5.75 Å². The summed E-state index contributed by atoms with van der Waals surface area (Å²) in [6.45, 7) is 14.4. The van der Waals surface area contributed by atoms with E-state index in [-0.39, 0.29) is 5.82 Å². The van der Waals surface area contributed by atoms with Crippen molar-refractivity contribution in [2.75, 3.05) is 6.61 Å². The standard InChI is InChI=1S/C18H17FO2.3C2H6/c1-13-7-8-15(16(19)11-13)18(12-20-18)17(9-10-17)21-14-5-3-2-4-6-14;3*1-2/h2-8,11H,9-10,12H2,1H3;3*1-2H3. The zero-order valence-corrected chi connectivity index (χ0v) is 17.9. The van der Waals surface area contributed by atoms with E-state index in [0.717, 1.165) is 24.2 Å². The predicted octanol–water partition coefficient (Wildman–Crippen LogP) is 7.05. The maximum Gasteiger partial charge on any atom is 0.159 e. The van der Waals surface area contributed by atoms with Crippen molar-refractivity contribution in [3.05, 3.63) is 65.5 Å². The molecule has 3 heteroatoms. The highest BCUT2D eigenvalue weighted by Gasteiger charge is 2.71. The smallest absolute Gasteiger partial charge is 0.159 e. The normalized spacial score (nSPS) is 20.4. The van der Waals surface area contributed by atoms with Crippen molar-refractivity contribution in [1.29, 1.82) is 0 Å². The fraction of sp³-hybridized carbons (Fsp3) is 0.500. The second kappa shape index (κ2) is 10.5. The Bertz CT molecular complexity index is 674. The van der Waals surface area contributed by atoms with Crippen molar-refractivity contribution >= 4 is 0 Å². The van der Waals surface area contributed by atoms with Crippen molar-refractivity contribution in [2.45, 2.75) is 72.5 Å². The third-order valence-corrected chi connectivity index (χ3v) is 4.49. The molecule has 1 unspecified atom stereocenters. The minimum Gasteiger partial charge on any atom is -0.484 e. The molecule has 4 rings (SSSR count). The Morgan fingerprint density at radius 3 is 1.89 bits per heavy atom. The molecule has 2 aromatic carbocycles. The van der Waals surface area contributed by atoms with E-state index in [9.17, 15) is 4.39 Å². The van der Waals surface area contributed by atoms with Gasteiger partial charge in [-0.2, -0.15) is 0 Å². The summed E-state index contributed by atoms with van der Waals surface area (Å²) in [6.07, 6.45) is 1.80. The van der Waals surface area contributed by atoms with Crippen molar-refractivity contribution in [3.63, 3.8) is 0 Å². The van der Waals surface area contributed by atoms with Crippen LogP contribution in [0, 0.1) is 12.7 Å². The minimum atomic E-state index is -0.610. The first-order valence-corrected chi connectivity index (χ1v) is 10.3. The summed E-state index contributed by atoms with van der Waals surface area (Å²) < 4.78 is 26.3.